The molecular weight excluding hydrogens is 200 g/mol. The number of likely N-dealkylation sites (N-methyl/N-ethyl adjacent to an activating group) is 1. The van der Waals surface area contributed by atoms with Gasteiger partial charge in [-0.3, -0.25) is 0 Å². The molecule has 0 aromatic carbocycles. The van der Waals surface area contributed by atoms with E-state index in [1.807, 2.05) is 7.05 Å². The van der Waals surface area contributed by atoms with E-state index in [1.54, 1.807) is 4.31 Å². The van der Waals surface area contributed by atoms with E-state index in [9.17, 15) is 8.42 Å². The molecule has 0 unspecified atom stereocenters. The molecular formula is C9H18N2O2S. The molecule has 1 N–H and O–H groups in total. The monoisotopic (exact) mass is 218 g/mol. The number of hydrogen-bond acceptors (Lipinski definition) is 3. The molecule has 0 spiro atoms. The quantitative estimate of drug-likeness (QED) is 0.731. The Morgan fingerprint density at radius 2 is 2.07 bits per heavy atom. The van der Waals surface area contributed by atoms with Crippen molar-refractivity contribution < 1.29 is 8.42 Å². The average Bonchev–Trinajstić information content (AvgIpc) is 2.88. The zero-order valence-corrected chi connectivity index (χ0v) is 9.39. The Labute approximate surface area is 85.7 Å². The second kappa shape index (κ2) is 3.79. The first kappa shape index (κ1) is 10.4. The van der Waals surface area contributed by atoms with Crippen LogP contribution < -0.4 is 5.32 Å². The van der Waals surface area contributed by atoms with Crippen LogP contribution in [-0.2, 0) is 10.0 Å². The van der Waals surface area contributed by atoms with Crippen LogP contribution in [0.3, 0.4) is 0 Å². The fourth-order valence-corrected chi connectivity index (χ4v) is 4.24. The summed E-state index contributed by atoms with van der Waals surface area (Å²) < 4.78 is 25.7. The van der Waals surface area contributed by atoms with Gasteiger partial charge in [0.05, 0.1) is 5.25 Å². The van der Waals surface area contributed by atoms with Gasteiger partial charge in [-0.15, -0.1) is 0 Å². The van der Waals surface area contributed by atoms with Crippen molar-refractivity contribution in [2.45, 2.75) is 37.0 Å². The predicted octanol–water partition coefficient (Wildman–Crippen LogP) is 0.162. The normalized spacial score (nSPS) is 29.6. The second-order valence-corrected chi connectivity index (χ2v) is 6.37. The van der Waals surface area contributed by atoms with Crippen LogP contribution >= 0.6 is 0 Å². The minimum atomic E-state index is -2.94. The van der Waals surface area contributed by atoms with Gasteiger partial charge in [-0.25, -0.2) is 8.42 Å². The fraction of sp³-hybridized carbons (Fsp3) is 1.00. The summed E-state index contributed by atoms with van der Waals surface area (Å²) in [4.78, 5) is 0. The summed E-state index contributed by atoms with van der Waals surface area (Å²) >= 11 is 0. The van der Waals surface area contributed by atoms with Crippen molar-refractivity contribution in [1.29, 1.82) is 0 Å². The maximum Gasteiger partial charge on any atom is 0.217 e. The molecule has 2 aliphatic rings. The third kappa shape index (κ3) is 1.81. The van der Waals surface area contributed by atoms with Crippen LogP contribution in [0.2, 0.25) is 0 Å². The minimum Gasteiger partial charge on any atom is -0.318 e. The van der Waals surface area contributed by atoms with Crippen molar-refractivity contribution in [3.8, 4) is 0 Å². The number of nitrogens with one attached hydrogen (secondary N) is 1. The highest BCUT2D eigenvalue weighted by atomic mass is 32.2. The summed E-state index contributed by atoms with van der Waals surface area (Å²) in [6.45, 7) is 1.51. The van der Waals surface area contributed by atoms with Gasteiger partial charge in [0.1, 0.15) is 0 Å². The topological polar surface area (TPSA) is 49.4 Å². The minimum absolute atomic E-state index is 0.0556. The Morgan fingerprint density at radius 1 is 1.36 bits per heavy atom. The van der Waals surface area contributed by atoms with Gasteiger partial charge in [0.15, 0.2) is 0 Å². The largest absolute Gasteiger partial charge is 0.318 e. The van der Waals surface area contributed by atoms with Gasteiger partial charge in [0.25, 0.3) is 0 Å². The van der Waals surface area contributed by atoms with Crippen LogP contribution in [0.1, 0.15) is 25.7 Å². The molecule has 1 aliphatic carbocycles. The smallest absolute Gasteiger partial charge is 0.217 e. The van der Waals surface area contributed by atoms with Crippen LogP contribution in [0, 0.1) is 0 Å². The molecule has 0 amide bonds. The zero-order valence-electron chi connectivity index (χ0n) is 8.57. The molecule has 0 bridgehead atoms. The highest BCUT2D eigenvalue weighted by molar-refractivity contribution is 7.90. The number of rotatable bonds is 4. The van der Waals surface area contributed by atoms with Gasteiger partial charge in [0, 0.05) is 19.1 Å². The zero-order chi connectivity index (χ0) is 10.2. The predicted molar refractivity (Wildman–Crippen MR) is 55.6 cm³/mol. The molecule has 1 heterocycles. The van der Waals surface area contributed by atoms with Crippen LogP contribution in [0.5, 0.6) is 0 Å². The molecule has 2 rings (SSSR count). The average molecular weight is 218 g/mol. The molecule has 4 nitrogen and oxygen atoms in total. The molecule has 14 heavy (non-hydrogen) atoms. The van der Waals surface area contributed by atoms with E-state index in [-0.39, 0.29) is 11.3 Å². The SMILES string of the molecule is CNC[C@H]1CCCN1S(=O)(=O)C1CC1. The first-order chi connectivity index (χ1) is 6.66. The lowest BCUT2D eigenvalue weighted by atomic mass is 10.2. The Bertz CT molecular complexity index is 298. The maximum atomic E-state index is 12.0. The molecule has 0 radical (unpaired) electrons. The highest BCUT2D eigenvalue weighted by Crippen LogP contribution is 2.34. The third-order valence-electron chi connectivity index (χ3n) is 3.04. The van der Waals surface area contributed by atoms with E-state index < -0.39 is 10.0 Å². The Hall–Kier alpha value is -0.130. The van der Waals surface area contributed by atoms with E-state index in [1.165, 1.54) is 0 Å². The molecule has 1 aliphatic heterocycles. The van der Waals surface area contributed by atoms with Gasteiger partial charge < -0.3 is 5.32 Å². The van der Waals surface area contributed by atoms with E-state index >= 15 is 0 Å². The lowest BCUT2D eigenvalue weighted by Gasteiger charge is -2.23. The fourth-order valence-electron chi connectivity index (χ4n) is 2.14. The van der Waals surface area contributed by atoms with E-state index in [0.717, 1.165) is 38.8 Å². The highest BCUT2D eigenvalue weighted by Gasteiger charge is 2.43. The van der Waals surface area contributed by atoms with Crippen LogP contribution in [0.4, 0.5) is 0 Å². The van der Waals surface area contributed by atoms with Crippen molar-refractivity contribution in [2.75, 3.05) is 20.1 Å². The first-order valence-electron chi connectivity index (χ1n) is 5.31. The van der Waals surface area contributed by atoms with Crippen molar-refractivity contribution >= 4 is 10.0 Å². The summed E-state index contributed by atoms with van der Waals surface area (Å²) in [5.41, 5.74) is 0. The Morgan fingerprint density at radius 3 is 2.64 bits per heavy atom. The van der Waals surface area contributed by atoms with Gasteiger partial charge >= 0.3 is 0 Å². The molecule has 5 heteroatoms. The lowest BCUT2D eigenvalue weighted by molar-refractivity contribution is 0.378. The van der Waals surface area contributed by atoms with Gasteiger partial charge in [-0.2, -0.15) is 4.31 Å². The number of nitrogens with zero attached hydrogens (tertiary/aromatic N) is 1. The molecule has 82 valence electrons. The van der Waals surface area contributed by atoms with Crippen molar-refractivity contribution in [1.82, 2.24) is 9.62 Å². The summed E-state index contributed by atoms with van der Waals surface area (Å²) in [5.74, 6) is 0. The summed E-state index contributed by atoms with van der Waals surface area (Å²) in [5, 5.41) is 3.01. The third-order valence-corrected chi connectivity index (χ3v) is 5.48. The van der Waals surface area contributed by atoms with Gasteiger partial charge in [-0.1, -0.05) is 0 Å². The first-order valence-corrected chi connectivity index (χ1v) is 6.82. The van der Waals surface area contributed by atoms with Gasteiger partial charge in [-0.05, 0) is 32.7 Å². The molecule has 2 fully saturated rings. The second-order valence-electron chi connectivity index (χ2n) is 4.21. The summed E-state index contributed by atoms with van der Waals surface area (Å²) in [6, 6.07) is 0.200. The molecule has 1 saturated carbocycles. The number of hydrogen-bond donors (Lipinski definition) is 1. The summed E-state index contributed by atoms with van der Waals surface area (Å²) in [7, 11) is -1.07. The standard InChI is InChI=1S/C9H18N2O2S/c1-10-7-8-3-2-6-11(8)14(12,13)9-4-5-9/h8-10H,2-7H2,1H3/t8-/m1/s1. The molecule has 0 aromatic heterocycles. The number of sulfonamides is 1. The maximum absolute atomic E-state index is 12.0. The molecule has 0 aromatic rings. The van der Waals surface area contributed by atoms with Gasteiger partial charge in [0.2, 0.25) is 10.0 Å². The van der Waals surface area contributed by atoms with E-state index in [4.69, 9.17) is 0 Å². The lowest BCUT2D eigenvalue weighted by Crippen LogP contribution is -2.42. The Balaban J connectivity index is 2.08. The van der Waals surface area contributed by atoms with E-state index in [2.05, 4.69) is 5.32 Å². The van der Waals surface area contributed by atoms with Crippen LogP contribution in [0.25, 0.3) is 0 Å². The van der Waals surface area contributed by atoms with E-state index in [0.29, 0.717) is 0 Å². The van der Waals surface area contributed by atoms with Crippen molar-refractivity contribution in [3.63, 3.8) is 0 Å². The van der Waals surface area contributed by atoms with Crippen molar-refractivity contribution in [3.05, 3.63) is 0 Å². The Kier molecular flexibility index (Phi) is 2.81. The molecule has 1 atom stereocenters. The molecule has 1 saturated heterocycles. The van der Waals surface area contributed by atoms with Crippen molar-refractivity contribution in [2.24, 2.45) is 0 Å². The van der Waals surface area contributed by atoms with Crippen LogP contribution in [-0.4, -0.2) is 44.2 Å². The van der Waals surface area contributed by atoms with Crippen LogP contribution in [0.15, 0.2) is 0 Å². The summed E-state index contributed by atoms with van der Waals surface area (Å²) in [6.07, 6.45) is 3.75.